The summed E-state index contributed by atoms with van der Waals surface area (Å²) in [5.74, 6) is 0.763. The van der Waals surface area contributed by atoms with Gasteiger partial charge < -0.3 is 14.8 Å². The van der Waals surface area contributed by atoms with E-state index in [1.165, 1.54) is 0 Å². The Kier molecular flexibility index (Phi) is 5.17. The molecule has 0 aliphatic heterocycles. The zero-order chi connectivity index (χ0) is 14.2. The number of para-hydroxylation sites is 1. The number of carbonyl (C=O) groups excluding carboxylic acids is 1. The lowest BCUT2D eigenvalue weighted by Gasteiger charge is -2.09. The van der Waals surface area contributed by atoms with E-state index < -0.39 is 0 Å². The van der Waals surface area contributed by atoms with Gasteiger partial charge in [-0.3, -0.25) is 4.98 Å². The van der Waals surface area contributed by atoms with Crippen molar-refractivity contribution in [3.8, 4) is 5.75 Å². The number of hydrogen-bond acceptors (Lipinski definition) is 4. The van der Waals surface area contributed by atoms with E-state index in [2.05, 4.69) is 10.3 Å². The number of amides is 1. The Balaban J connectivity index is 1.80. The lowest BCUT2D eigenvalue weighted by molar-refractivity contribution is 0.151. The fraction of sp³-hybridized carbons (Fsp3) is 0.333. The summed E-state index contributed by atoms with van der Waals surface area (Å²) < 4.78 is 10.5. The highest BCUT2D eigenvalue weighted by molar-refractivity contribution is 5.84. The largest absolute Gasteiger partial charge is 0.491 e. The van der Waals surface area contributed by atoms with E-state index in [9.17, 15) is 4.79 Å². The Morgan fingerprint density at radius 3 is 3.00 bits per heavy atom. The maximum absolute atomic E-state index is 11.1. The van der Waals surface area contributed by atoms with Crippen molar-refractivity contribution in [1.29, 1.82) is 0 Å². The maximum atomic E-state index is 11.1. The average molecular weight is 274 g/mol. The summed E-state index contributed by atoms with van der Waals surface area (Å²) in [6.45, 7) is 3.19. The summed E-state index contributed by atoms with van der Waals surface area (Å²) in [6, 6.07) is 9.73. The summed E-state index contributed by atoms with van der Waals surface area (Å²) in [5.41, 5.74) is 0.855. The maximum Gasteiger partial charge on any atom is 0.407 e. The highest BCUT2D eigenvalue weighted by Crippen LogP contribution is 2.22. The summed E-state index contributed by atoms with van der Waals surface area (Å²) in [5, 5.41) is 3.70. The normalized spacial score (nSPS) is 10.2. The first kappa shape index (κ1) is 14.1. The van der Waals surface area contributed by atoms with Crippen LogP contribution >= 0.6 is 0 Å². The van der Waals surface area contributed by atoms with Gasteiger partial charge in [0, 0.05) is 18.1 Å². The number of rotatable bonds is 6. The molecule has 0 spiro atoms. The Morgan fingerprint density at radius 2 is 2.15 bits per heavy atom. The van der Waals surface area contributed by atoms with Gasteiger partial charge in [-0.2, -0.15) is 0 Å². The van der Waals surface area contributed by atoms with Crippen molar-refractivity contribution < 1.29 is 14.3 Å². The van der Waals surface area contributed by atoms with Crippen LogP contribution in [0.1, 0.15) is 13.3 Å². The third-order valence-electron chi connectivity index (χ3n) is 2.72. The molecule has 5 nitrogen and oxygen atoms in total. The highest BCUT2D eigenvalue weighted by Gasteiger charge is 2.03. The minimum Gasteiger partial charge on any atom is -0.491 e. The van der Waals surface area contributed by atoms with E-state index in [4.69, 9.17) is 9.47 Å². The fourth-order valence-corrected chi connectivity index (χ4v) is 1.82. The monoisotopic (exact) mass is 274 g/mol. The van der Waals surface area contributed by atoms with Gasteiger partial charge in [-0.1, -0.05) is 18.2 Å². The molecule has 0 unspecified atom stereocenters. The molecule has 2 aromatic rings. The summed E-state index contributed by atoms with van der Waals surface area (Å²) in [6.07, 6.45) is 2.07. The first-order chi connectivity index (χ1) is 9.81. The standard InChI is InChI=1S/C15H18N2O3/c1-2-19-15(18)17-10-5-11-20-13-8-3-6-12-7-4-9-16-14(12)13/h3-4,6-9H,2,5,10-11H2,1H3,(H,17,18). The first-order valence-electron chi connectivity index (χ1n) is 6.68. The molecule has 0 atom stereocenters. The predicted molar refractivity (Wildman–Crippen MR) is 76.9 cm³/mol. The fourth-order valence-electron chi connectivity index (χ4n) is 1.82. The van der Waals surface area contributed by atoms with Crippen LogP contribution in [-0.2, 0) is 4.74 Å². The van der Waals surface area contributed by atoms with Gasteiger partial charge in [-0.05, 0) is 25.5 Å². The van der Waals surface area contributed by atoms with E-state index in [0.29, 0.717) is 26.2 Å². The topological polar surface area (TPSA) is 60.5 Å². The van der Waals surface area contributed by atoms with E-state index >= 15 is 0 Å². The Morgan fingerprint density at radius 1 is 1.30 bits per heavy atom. The van der Waals surface area contributed by atoms with Crippen molar-refractivity contribution in [2.75, 3.05) is 19.8 Å². The number of carbonyl (C=O) groups is 1. The molecule has 5 heteroatoms. The Bertz CT molecular complexity index is 567. The molecular weight excluding hydrogens is 256 g/mol. The number of hydrogen-bond donors (Lipinski definition) is 1. The van der Waals surface area contributed by atoms with Crippen molar-refractivity contribution in [3.63, 3.8) is 0 Å². The second-order valence-corrected chi connectivity index (χ2v) is 4.18. The first-order valence-corrected chi connectivity index (χ1v) is 6.68. The lowest BCUT2D eigenvalue weighted by atomic mass is 10.2. The number of nitrogens with one attached hydrogen (secondary N) is 1. The minimum absolute atomic E-state index is 0.379. The van der Waals surface area contributed by atoms with Crippen LogP contribution in [0.3, 0.4) is 0 Å². The number of aromatic nitrogens is 1. The van der Waals surface area contributed by atoms with Gasteiger partial charge in [0.15, 0.2) is 0 Å². The molecule has 1 N–H and O–H groups in total. The van der Waals surface area contributed by atoms with Crippen LogP contribution in [-0.4, -0.2) is 30.8 Å². The highest BCUT2D eigenvalue weighted by atomic mass is 16.5. The van der Waals surface area contributed by atoms with Crippen LogP contribution in [0.2, 0.25) is 0 Å². The predicted octanol–water partition coefficient (Wildman–Crippen LogP) is 2.75. The van der Waals surface area contributed by atoms with Gasteiger partial charge in [0.1, 0.15) is 11.3 Å². The molecule has 0 bridgehead atoms. The lowest BCUT2D eigenvalue weighted by Crippen LogP contribution is -2.26. The number of pyridine rings is 1. The smallest absolute Gasteiger partial charge is 0.407 e. The zero-order valence-corrected chi connectivity index (χ0v) is 11.5. The van der Waals surface area contributed by atoms with E-state index in [-0.39, 0.29) is 6.09 Å². The van der Waals surface area contributed by atoms with Gasteiger partial charge in [0.05, 0.1) is 13.2 Å². The van der Waals surface area contributed by atoms with E-state index in [1.807, 2.05) is 30.3 Å². The number of benzene rings is 1. The third-order valence-corrected chi connectivity index (χ3v) is 2.72. The van der Waals surface area contributed by atoms with Crippen LogP contribution in [0.5, 0.6) is 5.75 Å². The molecule has 0 aliphatic rings. The minimum atomic E-state index is -0.390. The number of fused-ring (bicyclic) bond motifs is 1. The molecule has 0 fully saturated rings. The van der Waals surface area contributed by atoms with E-state index in [0.717, 1.165) is 16.7 Å². The molecular formula is C15H18N2O3. The van der Waals surface area contributed by atoms with Gasteiger partial charge in [0.2, 0.25) is 0 Å². The Labute approximate surface area is 117 Å². The second kappa shape index (κ2) is 7.33. The molecule has 1 amide bonds. The van der Waals surface area contributed by atoms with Crippen molar-refractivity contribution in [2.24, 2.45) is 0 Å². The molecule has 1 heterocycles. The van der Waals surface area contributed by atoms with Gasteiger partial charge in [0.25, 0.3) is 0 Å². The van der Waals surface area contributed by atoms with Crippen molar-refractivity contribution in [1.82, 2.24) is 10.3 Å². The second-order valence-electron chi connectivity index (χ2n) is 4.18. The van der Waals surface area contributed by atoms with Crippen LogP contribution in [0.4, 0.5) is 4.79 Å². The molecule has 0 saturated heterocycles. The molecule has 0 aliphatic carbocycles. The summed E-state index contributed by atoms with van der Waals surface area (Å²) in [7, 11) is 0. The zero-order valence-electron chi connectivity index (χ0n) is 11.5. The molecule has 1 aromatic carbocycles. The quantitative estimate of drug-likeness (QED) is 0.823. The van der Waals surface area contributed by atoms with Crippen molar-refractivity contribution in [2.45, 2.75) is 13.3 Å². The molecule has 0 saturated carbocycles. The molecule has 106 valence electrons. The SMILES string of the molecule is CCOC(=O)NCCCOc1cccc2cccnc12. The Hall–Kier alpha value is -2.30. The number of ether oxygens (including phenoxy) is 2. The van der Waals surface area contributed by atoms with Crippen molar-refractivity contribution >= 4 is 17.0 Å². The van der Waals surface area contributed by atoms with Gasteiger partial charge in [-0.25, -0.2) is 4.79 Å². The third kappa shape index (κ3) is 3.85. The molecule has 2 rings (SSSR count). The summed E-state index contributed by atoms with van der Waals surface area (Å²) >= 11 is 0. The summed E-state index contributed by atoms with van der Waals surface area (Å²) in [4.78, 5) is 15.4. The molecule has 0 radical (unpaired) electrons. The van der Waals surface area contributed by atoms with Crippen molar-refractivity contribution in [3.05, 3.63) is 36.5 Å². The average Bonchev–Trinajstić information content (AvgIpc) is 2.47. The van der Waals surface area contributed by atoms with E-state index in [1.54, 1.807) is 13.1 Å². The van der Waals surface area contributed by atoms with Crippen LogP contribution in [0.15, 0.2) is 36.5 Å². The van der Waals surface area contributed by atoms with Gasteiger partial charge >= 0.3 is 6.09 Å². The van der Waals surface area contributed by atoms with Crippen LogP contribution in [0.25, 0.3) is 10.9 Å². The van der Waals surface area contributed by atoms with Gasteiger partial charge in [-0.15, -0.1) is 0 Å². The molecule has 20 heavy (non-hydrogen) atoms. The molecule has 1 aromatic heterocycles. The number of nitrogens with zero attached hydrogens (tertiary/aromatic N) is 1. The van der Waals surface area contributed by atoms with Crippen LogP contribution in [0, 0.1) is 0 Å². The van der Waals surface area contributed by atoms with Crippen LogP contribution < -0.4 is 10.1 Å². The number of alkyl carbamates (subject to hydrolysis) is 1.